The lowest BCUT2D eigenvalue weighted by Gasteiger charge is -2.22. The van der Waals surface area contributed by atoms with E-state index in [0.29, 0.717) is 45.0 Å². The number of aromatic nitrogens is 4. The molecule has 41 heteroatoms. The molecule has 0 spiro atoms. The monoisotopic (exact) mass is 1630 g/mol. The Bertz CT molecular complexity index is 4430. The number of unbranched alkanes of at least 4 members (excludes halogenated alkanes) is 2. The lowest BCUT2D eigenvalue weighted by molar-refractivity contribution is -0.0436. The lowest BCUT2D eigenvalue weighted by atomic mass is 10.0. The summed E-state index contributed by atoms with van der Waals surface area (Å²) < 4.78 is 93.5. The number of guanidine groups is 4. The molecule has 6 aromatic rings. The molecule has 0 aliphatic carbocycles. The number of Topliss-reactive ketones (excluding diaryl/α,β-unsaturated/α-hetero) is 2. The van der Waals surface area contributed by atoms with E-state index in [1.54, 1.807) is 52.2 Å². The number of sulfonamides is 1. The van der Waals surface area contributed by atoms with Crippen LogP contribution in [0.4, 0.5) is 55.6 Å². The van der Waals surface area contributed by atoms with Crippen LogP contribution in [0, 0.1) is 0 Å². The lowest BCUT2D eigenvalue weighted by Crippen LogP contribution is -2.48. The first-order chi connectivity index (χ1) is 52.1. The number of aryl methyl sites for hydroxylation is 2. The molecule has 35 nitrogen and oxygen atoms in total. The summed E-state index contributed by atoms with van der Waals surface area (Å²) >= 11 is 11.6. The van der Waals surface area contributed by atoms with Gasteiger partial charge in [-0.3, -0.25) is 35.8 Å². The average Bonchev–Trinajstić information content (AvgIpc) is 0.826. The fraction of sp³-hybridized carbons (Fsp3) is 0.465. The first-order valence-electron chi connectivity index (χ1n) is 34.9. The Morgan fingerprint density at radius 1 is 0.464 bits per heavy atom. The van der Waals surface area contributed by atoms with E-state index >= 15 is 0 Å². The first-order valence-corrected chi connectivity index (χ1v) is 37.0. The molecule has 2 aromatic heterocycles. The van der Waals surface area contributed by atoms with Gasteiger partial charge in [-0.05, 0) is 192 Å². The molecule has 0 saturated carbocycles. The Labute approximate surface area is 656 Å². The normalized spacial score (nSPS) is 11.9. The van der Waals surface area contributed by atoms with E-state index in [1.165, 1.54) is 58.1 Å². The number of alkyl carbamates (subject to hydrolysis) is 4. The van der Waals surface area contributed by atoms with Crippen molar-refractivity contribution in [1.29, 1.82) is 0 Å². The van der Waals surface area contributed by atoms with Gasteiger partial charge in [-0.15, -0.1) is 4.40 Å². The Morgan fingerprint density at radius 3 is 1.17 bits per heavy atom. The van der Waals surface area contributed by atoms with Crippen molar-refractivity contribution in [2.45, 2.75) is 162 Å². The van der Waals surface area contributed by atoms with E-state index in [2.05, 4.69) is 109 Å². The van der Waals surface area contributed by atoms with Crippen molar-refractivity contribution >= 4 is 138 Å². The molecule has 4 aromatic carbocycles. The number of amides is 4. The number of carbonyl (C=O) groups excluding carboxylic acids is 6. The van der Waals surface area contributed by atoms with Crippen LogP contribution >= 0.6 is 23.2 Å². The van der Waals surface area contributed by atoms with Crippen LogP contribution in [-0.2, 0) is 41.8 Å². The number of ether oxygens (including phenoxy) is 6. The van der Waals surface area contributed by atoms with Crippen LogP contribution in [-0.4, -0.2) is 169 Å². The largest absolute Gasteiger partial charge is 0.518 e. The minimum Gasteiger partial charge on any atom is -0.494 e. The molecule has 0 saturated heterocycles. The second-order valence-electron chi connectivity index (χ2n) is 28.3. The Morgan fingerprint density at radius 2 is 0.812 bits per heavy atom. The number of alkyl halides is 3. The Hall–Kier alpha value is -11.1. The zero-order valence-electron chi connectivity index (χ0n) is 64.4. The zero-order valence-corrected chi connectivity index (χ0v) is 66.7. The average molecular weight is 1630 g/mol. The summed E-state index contributed by atoms with van der Waals surface area (Å²) in [6, 6.07) is 24.8. The van der Waals surface area contributed by atoms with E-state index < -0.39 is 79.8 Å². The van der Waals surface area contributed by atoms with Crippen LogP contribution in [0.1, 0.15) is 154 Å². The van der Waals surface area contributed by atoms with Crippen LogP contribution in [0.3, 0.4) is 0 Å². The maximum Gasteiger partial charge on any atom is 0.518 e. The molecule has 0 atom stereocenters. The molecular weight excluding hydrogens is 1530 g/mol. The van der Waals surface area contributed by atoms with Crippen LogP contribution in [0.15, 0.2) is 92.2 Å². The number of hydrogen-bond donors (Lipinski definition) is 13. The quantitative estimate of drug-likeness (QED) is 0.00790. The summed E-state index contributed by atoms with van der Waals surface area (Å²) in [4.78, 5) is 100. The minimum absolute atomic E-state index is 0.0353. The molecule has 0 fully saturated rings. The van der Waals surface area contributed by atoms with Gasteiger partial charge in [0.1, 0.15) is 47.0 Å². The topological polar surface area (TPSA) is 547 Å². The highest BCUT2D eigenvalue weighted by molar-refractivity contribution is 7.91. The minimum atomic E-state index is -6.03. The Balaban J connectivity index is 0.000000381. The molecular formula is C71H100Cl2F3N21O14S. The van der Waals surface area contributed by atoms with Gasteiger partial charge in [0.25, 0.3) is 0 Å². The SMILES string of the molecule is CC(C)(C)OC(=O)NC(=NCCCOc1ccc2cc(CCCCNC(N)=NCC(=O)c3nc(Cl)c(N)nc3N)ccc2c1)NC(=O)OC(C)(C)C.CC(C)(C)OC(=O)NC(=NS(=O)(=O)C(F)(F)F)NC(=O)OC(C)(C)C.NCCCOc1ccc2cc(CCCCNC(N)=NCC(=O)c3nc(Cl)c(N)nc3N)ccc2c1. The number of nitrogens with zero attached hydrogens (tertiary/aromatic N) is 8. The van der Waals surface area contributed by atoms with Crippen LogP contribution in [0.5, 0.6) is 11.5 Å². The van der Waals surface area contributed by atoms with E-state index in [-0.39, 0.29) is 82.5 Å². The predicted octanol–water partition coefficient (Wildman–Crippen LogP) is 9.26. The number of aliphatic imine (C=N–C) groups is 3. The van der Waals surface area contributed by atoms with Crippen molar-refractivity contribution in [3.63, 3.8) is 0 Å². The molecule has 0 bridgehead atoms. The number of nitrogens with two attached hydrogens (primary N) is 7. The van der Waals surface area contributed by atoms with Crippen LogP contribution < -0.4 is 81.5 Å². The predicted molar refractivity (Wildman–Crippen MR) is 425 cm³/mol. The summed E-state index contributed by atoms with van der Waals surface area (Å²) in [5.74, 6) is -0.755. The Kier molecular flexibility index (Phi) is 35.8. The molecule has 20 N–H and O–H groups in total. The fourth-order valence-electron chi connectivity index (χ4n) is 8.93. The van der Waals surface area contributed by atoms with Crippen molar-refractivity contribution < 1.29 is 78.8 Å². The number of benzene rings is 4. The van der Waals surface area contributed by atoms with Gasteiger partial charge in [0.05, 0.1) is 13.2 Å². The van der Waals surface area contributed by atoms with Crippen molar-refractivity contribution in [3.8, 4) is 11.5 Å². The summed E-state index contributed by atoms with van der Waals surface area (Å²) in [6.07, 6.45) is 2.60. The third-order valence-corrected chi connectivity index (χ3v) is 15.3. The maximum atomic E-state index is 12.4. The smallest absolute Gasteiger partial charge is 0.494 e. The second-order valence-corrected chi connectivity index (χ2v) is 30.6. The third-order valence-electron chi connectivity index (χ3n) is 13.7. The van der Waals surface area contributed by atoms with Crippen molar-refractivity contribution in [3.05, 3.63) is 106 Å². The molecule has 614 valence electrons. The summed E-state index contributed by atoms with van der Waals surface area (Å²) in [5, 5.41) is 18.4. The summed E-state index contributed by atoms with van der Waals surface area (Å²) in [5.41, 5.74) is 32.7. The molecule has 0 radical (unpaired) electrons. The van der Waals surface area contributed by atoms with Gasteiger partial charge < -0.3 is 79.2 Å². The number of ketones is 2. The number of halogens is 5. The highest BCUT2D eigenvalue weighted by Crippen LogP contribution is 2.27. The van der Waals surface area contributed by atoms with Gasteiger partial charge in [-0.2, -0.15) is 21.6 Å². The fourth-order valence-corrected chi connectivity index (χ4v) is 9.62. The van der Waals surface area contributed by atoms with E-state index in [4.69, 9.17) is 91.8 Å². The van der Waals surface area contributed by atoms with Gasteiger partial charge >= 0.3 is 39.9 Å². The number of anilines is 4. The van der Waals surface area contributed by atoms with E-state index in [0.717, 1.165) is 66.9 Å². The number of nitrogens with one attached hydrogen (secondary N) is 6. The highest BCUT2D eigenvalue weighted by atomic mass is 35.5. The second kappa shape index (κ2) is 42.9. The molecule has 112 heavy (non-hydrogen) atoms. The van der Waals surface area contributed by atoms with Crippen molar-refractivity contribution in [1.82, 2.24) is 51.8 Å². The van der Waals surface area contributed by atoms with Crippen LogP contribution in [0.2, 0.25) is 10.3 Å². The van der Waals surface area contributed by atoms with E-state index in [1.807, 2.05) is 24.3 Å². The summed E-state index contributed by atoms with van der Waals surface area (Å²) in [7, 11) is -6.03. The van der Waals surface area contributed by atoms with Gasteiger partial charge in [0.15, 0.2) is 56.9 Å². The molecule has 2 heterocycles. The van der Waals surface area contributed by atoms with Crippen LogP contribution in [0.25, 0.3) is 21.5 Å². The van der Waals surface area contributed by atoms with Gasteiger partial charge in [-0.1, -0.05) is 71.7 Å². The third kappa shape index (κ3) is 36.2. The zero-order chi connectivity index (χ0) is 84.0. The first kappa shape index (κ1) is 93.3. The highest BCUT2D eigenvalue weighted by Gasteiger charge is 2.47. The molecule has 4 amide bonds. The number of fused-ring (bicyclic) bond motifs is 2. The standard InChI is InChI=1S/C35H49ClN10O6.C24H31ClN8O2.C12H20F3N3O6S/c1-34(2,3)51-32(48)45-31(46-33(49)52-35(4,5)6)41-16-9-17-50-24-14-13-22-18-21(11-12-23(22)19-24)10-7-8-15-40-30(39)42-20-25(47)26-28(37)44-29(38)27(36)43-26;25-21-23(28)33-22(27)20(32-21)19(34)14-31-24(29)30-10-2-1-4-15-5-6-17-13-18(35-11-3-9-26)8-7-16(17)12-15;1-10(2,3)23-8(19)16-7(17-9(20)24-11(4,5)6)18-25(21,22)12(13,14)15/h11-14,18-19H,7-10,15-17,20H2,1-6H3,(H4,37,38,44)(H3,39,40,42)(H2,41,45,46,48,49);5-8,12-13H,1-4,9-11,14,26H2,(H4,27,28,33)(H3,29,30,31);1-6H3,(H2,16,17,18,19,20). The molecule has 6 rings (SSSR count). The number of rotatable bonds is 26. The van der Waals surface area contributed by atoms with Gasteiger partial charge in [0, 0.05) is 26.1 Å². The van der Waals surface area contributed by atoms with Gasteiger partial charge in [-0.25, -0.2) is 49.1 Å². The van der Waals surface area contributed by atoms with Crippen molar-refractivity contribution in [2.75, 3.05) is 75.4 Å². The summed E-state index contributed by atoms with van der Waals surface area (Å²) in [6.45, 7) is 21.7. The van der Waals surface area contributed by atoms with Gasteiger partial charge in [0.2, 0.25) is 23.5 Å². The number of nitrogen functional groups attached to an aromatic ring is 4. The molecule has 0 aliphatic heterocycles. The maximum absolute atomic E-state index is 12.4. The molecule has 0 unspecified atom stereocenters. The molecule has 0 aliphatic rings. The number of carbonyl (C=O) groups is 6. The van der Waals surface area contributed by atoms with Crippen molar-refractivity contribution in [2.24, 2.45) is 36.6 Å². The number of hydrogen-bond acceptors (Lipinski definition) is 26. The van der Waals surface area contributed by atoms with E-state index in [9.17, 15) is 50.4 Å².